The zero-order valence-corrected chi connectivity index (χ0v) is 12.7. The van der Waals surface area contributed by atoms with E-state index in [1.807, 2.05) is 13.8 Å². The summed E-state index contributed by atoms with van der Waals surface area (Å²) < 4.78 is 11.3. The normalized spacial score (nSPS) is 17.0. The fraction of sp³-hybridized carbons (Fsp3) is 0.467. The molecule has 2 rings (SSSR count). The molecule has 120 valence electrons. The van der Waals surface area contributed by atoms with Crippen LogP contribution in [-0.4, -0.2) is 36.2 Å². The molecule has 1 aliphatic rings. The van der Waals surface area contributed by atoms with Crippen LogP contribution in [0.2, 0.25) is 0 Å². The molecular formula is C15H20N2O5. The molecule has 0 aromatic heterocycles. The molecule has 0 saturated carbocycles. The highest BCUT2D eigenvalue weighted by Crippen LogP contribution is 2.43. The van der Waals surface area contributed by atoms with Gasteiger partial charge in [0, 0.05) is 0 Å². The van der Waals surface area contributed by atoms with Gasteiger partial charge in [0.1, 0.15) is 6.54 Å². The molecule has 1 heterocycles. The second-order valence-electron chi connectivity index (χ2n) is 4.94. The van der Waals surface area contributed by atoms with Crippen LogP contribution < -0.4 is 20.1 Å². The number of hydrogen-bond donors (Lipinski definition) is 2. The van der Waals surface area contributed by atoms with Crippen molar-refractivity contribution in [1.82, 2.24) is 0 Å². The summed E-state index contributed by atoms with van der Waals surface area (Å²) >= 11 is 0. The molecule has 1 aromatic carbocycles. The van der Waals surface area contributed by atoms with Gasteiger partial charge in [-0.2, -0.15) is 0 Å². The molecule has 1 aromatic rings. The molecule has 0 fully saturated rings. The molecule has 3 N–H and O–H groups in total. The number of ether oxygens (including phenoxy) is 2. The fourth-order valence-corrected chi connectivity index (χ4v) is 2.38. The van der Waals surface area contributed by atoms with E-state index in [2.05, 4.69) is 0 Å². The lowest BCUT2D eigenvalue weighted by Gasteiger charge is -2.34. The summed E-state index contributed by atoms with van der Waals surface area (Å²) in [5.74, 6) is -0.119. The van der Waals surface area contributed by atoms with Gasteiger partial charge >= 0.3 is 0 Å². The number of aliphatic hydroxyl groups is 1. The topological polar surface area (TPSA) is 102 Å². The zero-order valence-electron chi connectivity index (χ0n) is 12.7. The van der Waals surface area contributed by atoms with Gasteiger partial charge in [0.05, 0.1) is 18.9 Å². The van der Waals surface area contributed by atoms with Gasteiger partial charge in [0.2, 0.25) is 5.91 Å². The molecule has 7 nitrogen and oxygen atoms in total. The molecule has 7 heteroatoms. The van der Waals surface area contributed by atoms with E-state index < -0.39 is 12.0 Å². The Kier molecular flexibility index (Phi) is 4.87. The Morgan fingerprint density at radius 3 is 2.73 bits per heavy atom. The number of hydrogen-bond acceptors (Lipinski definition) is 5. The Labute approximate surface area is 128 Å². The van der Waals surface area contributed by atoms with Crippen LogP contribution in [0.4, 0.5) is 5.69 Å². The minimum absolute atomic E-state index is 0.219. The number of aliphatic hydroxyl groups excluding tert-OH is 1. The summed E-state index contributed by atoms with van der Waals surface area (Å²) in [6, 6.07) is 3.26. The summed E-state index contributed by atoms with van der Waals surface area (Å²) in [5.41, 5.74) is 6.19. The Morgan fingerprint density at radius 1 is 1.45 bits per heavy atom. The van der Waals surface area contributed by atoms with Gasteiger partial charge in [-0.05, 0) is 31.0 Å². The summed E-state index contributed by atoms with van der Waals surface area (Å²) in [7, 11) is 0. The minimum Gasteiger partial charge on any atom is -0.490 e. The molecule has 1 atom stereocenters. The molecule has 1 aliphatic heterocycles. The van der Waals surface area contributed by atoms with Gasteiger partial charge in [0.25, 0.3) is 5.91 Å². The fourth-order valence-electron chi connectivity index (χ4n) is 2.38. The largest absolute Gasteiger partial charge is 0.490 e. The third-order valence-electron chi connectivity index (χ3n) is 3.35. The Morgan fingerprint density at radius 2 is 2.18 bits per heavy atom. The quantitative estimate of drug-likeness (QED) is 0.800. The van der Waals surface area contributed by atoms with Crippen LogP contribution in [0.3, 0.4) is 0 Å². The third kappa shape index (κ3) is 2.99. The van der Waals surface area contributed by atoms with Gasteiger partial charge in [0.15, 0.2) is 17.6 Å². The number of benzene rings is 1. The molecule has 0 saturated heterocycles. The van der Waals surface area contributed by atoms with Gasteiger partial charge in [-0.3, -0.25) is 14.5 Å². The van der Waals surface area contributed by atoms with Crippen LogP contribution in [0.15, 0.2) is 12.1 Å². The highest BCUT2D eigenvalue weighted by atomic mass is 16.5. The van der Waals surface area contributed by atoms with Gasteiger partial charge < -0.3 is 20.3 Å². The first-order valence-corrected chi connectivity index (χ1v) is 7.18. The van der Waals surface area contributed by atoms with Crippen molar-refractivity contribution in [3.63, 3.8) is 0 Å². The smallest absolute Gasteiger partial charge is 0.268 e. The standard InChI is InChI=1S/C15H20N2O5/c1-3-11-15(20)17(7-13(16)19)10-5-9(8-18)6-12(21-4-2)14(10)22-11/h5-6,11,18H,3-4,7-8H2,1-2H3,(H2,16,19). The number of anilines is 1. The monoisotopic (exact) mass is 308 g/mol. The van der Waals surface area contributed by atoms with Gasteiger partial charge in [-0.1, -0.05) is 6.92 Å². The maximum atomic E-state index is 12.4. The van der Waals surface area contributed by atoms with Gasteiger partial charge in [-0.25, -0.2) is 0 Å². The Bertz CT molecular complexity index is 588. The minimum atomic E-state index is -0.689. The summed E-state index contributed by atoms with van der Waals surface area (Å²) in [6.45, 7) is 3.59. The highest BCUT2D eigenvalue weighted by molar-refractivity contribution is 6.04. The van der Waals surface area contributed by atoms with Crippen molar-refractivity contribution in [1.29, 1.82) is 0 Å². The molecule has 2 amide bonds. The maximum Gasteiger partial charge on any atom is 0.268 e. The maximum absolute atomic E-state index is 12.4. The van der Waals surface area contributed by atoms with Crippen molar-refractivity contribution < 1.29 is 24.2 Å². The van der Waals surface area contributed by atoms with Crippen LogP contribution >= 0.6 is 0 Å². The van der Waals surface area contributed by atoms with Crippen LogP contribution in [0.25, 0.3) is 0 Å². The van der Waals surface area contributed by atoms with Crippen molar-refractivity contribution in [2.45, 2.75) is 33.0 Å². The second-order valence-corrected chi connectivity index (χ2v) is 4.94. The van der Waals surface area contributed by atoms with Crippen molar-refractivity contribution >= 4 is 17.5 Å². The Balaban J connectivity index is 2.57. The average molecular weight is 308 g/mol. The molecule has 0 aliphatic carbocycles. The summed E-state index contributed by atoms with van der Waals surface area (Å²) in [6.07, 6.45) is -0.230. The molecule has 0 radical (unpaired) electrons. The molecule has 0 bridgehead atoms. The number of carbonyl (C=O) groups is 2. The lowest BCUT2D eigenvalue weighted by molar-refractivity contribution is -0.128. The molecule has 0 spiro atoms. The summed E-state index contributed by atoms with van der Waals surface area (Å²) in [4.78, 5) is 25.0. The van der Waals surface area contributed by atoms with Crippen molar-refractivity contribution in [2.75, 3.05) is 18.1 Å². The predicted molar refractivity (Wildman–Crippen MR) is 79.8 cm³/mol. The predicted octanol–water partition coefficient (Wildman–Crippen LogP) is 0.567. The number of amides is 2. The first kappa shape index (κ1) is 16.1. The first-order chi connectivity index (χ1) is 10.5. The number of rotatable bonds is 6. The van der Waals surface area contributed by atoms with Crippen LogP contribution in [-0.2, 0) is 16.2 Å². The van der Waals surface area contributed by atoms with E-state index in [1.54, 1.807) is 12.1 Å². The number of nitrogens with zero attached hydrogens (tertiary/aromatic N) is 1. The van der Waals surface area contributed by atoms with Gasteiger partial charge in [-0.15, -0.1) is 0 Å². The van der Waals surface area contributed by atoms with E-state index in [1.165, 1.54) is 4.90 Å². The van der Waals surface area contributed by atoms with Crippen molar-refractivity contribution in [3.8, 4) is 11.5 Å². The molecular weight excluding hydrogens is 288 g/mol. The number of primary amides is 1. The highest BCUT2D eigenvalue weighted by Gasteiger charge is 2.36. The molecule has 1 unspecified atom stereocenters. The zero-order chi connectivity index (χ0) is 16.3. The molecule has 22 heavy (non-hydrogen) atoms. The SMILES string of the molecule is CCOc1cc(CO)cc2c1OC(CC)C(=O)N2CC(N)=O. The van der Waals surface area contributed by atoms with E-state index in [4.69, 9.17) is 15.2 Å². The number of carbonyl (C=O) groups excluding carboxylic acids is 2. The lowest BCUT2D eigenvalue weighted by Crippen LogP contribution is -2.49. The number of fused-ring (bicyclic) bond motifs is 1. The second kappa shape index (κ2) is 6.65. The number of nitrogens with two attached hydrogens (primary N) is 1. The lowest BCUT2D eigenvalue weighted by atomic mass is 10.1. The van der Waals surface area contributed by atoms with Crippen LogP contribution in [0, 0.1) is 0 Å². The van der Waals surface area contributed by atoms with Crippen molar-refractivity contribution in [3.05, 3.63) is 17.7 Å². The average Bonchev–Trinajstić information content (AvgIpc) is 2.49. The van der Waals surface area contributed by atoms with E-state index >= 15 is 0 Å². The third-order valence-corrected chi connectivity index (χ3v) is 3.35. The van der Waals surface area contributed by atoms with Crippen LogP contribution in [0.1, 0.15) is 25.8 Å². The summed E-state index contributed by atoms with van der Waals surface area (Å²) in [5, 5.41) is 9.37. The van der Waals surface area contributed by atoms with Crippen molar-refractivity contribution in [2.24, 2.45) is 5.73 Å². The van der Waals surface area contributed by atoms with E-state index in [9.17, 15) is 14.7 Å². The van der Waals surface area contributed by atoms with E-state index in [0.717, 1.165) is 0 Å². The Hall–Kier alpha value is -2.28. The van der Waals surface area contributed by atoms with Crippen LogP contribution in [0.5, 0.6) is 11.5 Å². The van der Waals surface area contributed by atoms with E-state index in [-0.39, 0.29) is 19.1 Å². The van der Waals surface area contributed by atoms with E-state index in [0.29, 0.717) is 35.8 Å². The first-order valence-electron chi connectivity index (χ1n) is 7.18.